The third-order valence-corrected chi connectivity index (χ3v) is 17.2. The van der Waals surface area contributed by atoms with E-state index in [4.69, 9.17) is 10.8 Å². The predicted molar refractivity (Wildman–Crippen MR) is 333 cm³/mol. The Morgan fingerprint density at radius 1 is 0.277 bits per heavy atom. The molecule has 12 atom stereocenters. The number of carboxylic acids is 9. The summed E-state index contributed by atoms with van der Waals surface area (Å²) in [5.74, 6) is -25.2. The van der Waals surface area contributed by atoms with Gasteiger partial charge in [0, 0.05) is 77.5 Å². The average molecular weight is 1440 g/mol. The second-order valence-electron chi connectivity index (χ2n) is 24.6. The van der Waals surface area contributed by atoms with Crippen LogP contribution in [0.25, 0.3) is 0 Å². The van der Waals surface area contributed by atoms with Gasteiger partial charge >= 0.3 is 53.7 Å². The van der Waals surface area contributed by atoms with Crippen LogP contribution in [0.15, 0.2) is 0 Å². The maximum atomic E-state index is 14.6. The predicted octanol–water partition coefficient (Wildman–Crippen LogP) is -5.33. The van der Waals surface area contributed by atoms with Crippen LogP contribution in [0, 0.1) is 0 Å². The lowest BCUT2D eigenvalue weighted by Crippen LogP contribution is -2.60. The van der Waals surface area contributed by atoms with Crippen LogP contribution in [0.1, 0.15) is 154 Å². The molecule has 0 aromatic rings. The SMILES string of the molecule is N[C@@H](CCC(=O)O)C(=O)N[C@@H](CCC(=O)O)C(=O)N1CCC[C@H]1C(=O)N[C@@H](CCC(=O)O)C(=O)N[C@@H](CCC(=O)O)C(=O)N1CCC[C@H]1C(=O)N[C@@H](CCC(=O)O)C(=O)N[C@@H](CCC(=O)O)C(=O)N1CCC[C@H]1C(=O)N[C@@H](CCC(=O)O)C(=O)N[C@@H](CCC(=O)O)C(=O)N1CCC[C@H]1C(=O)O. The first-order valence-electron chi connectivity index (χ1n) is 32.6. The van der Waals surface area contributed by atoms with Crippen molar-refractivity contribution in [2.75, 3.05) is 26.2 Å². The number of carbonyl (C=O) groups excluding carboxylic acids is 11. The number of carboxylic acid groups (broad SMARTS) is 9. The van der Waals surface area contributed by atoms with Crippen LogP contribution in [0.5, 0.6) is 0 Å². The molecule has 0 unspecified atom stereocenters. The van der Waals surface area contributed by atoms with Crippen molar-refractivity contribution in [2.45, 2.75) is 227 Å². The molecule has 4 fully saturated rings. The number of aliphatic carboxylic acids is 9. The van der Waals surface area contributed by atoms with Gasteiger partial charge in [0.25, 0.3) is 0 Å². The molecule has 0 radical (unpaired) electrons. The topological polar surface area (TPSA) is 647 Å². The number of nitrogens with zero attached hydrogens (tertiary/aromatic N) is 4. The van der Waals surface area contributed by atoms with Crippen LogP contribution < -0.4 is 43.0 Å². The van der Waals surface area contributed by atoms with E-state index < -0.39 is 288 Å². The Morgan fingerprint density at radius 3 is 0.703 bits per heavy atom. The van der Waals surface area contributed by atoms with Crippen molar-refractivity contribution in [3.63, 3.8) is 0 Å². The molecule has 0 bridgehead atoms. The summed E-state index contributed by atoms with van der Waals surface area (Å²) < 4.78 is 0. The molecule has 4 aliphatic heterocycles. The van der Waals surface area contributed by atoms with E-state index in [0.717, 1.165) is 19.6 Å². The Bertz CT molecular complexity index is 3170. The molecule has 4 heterocycles. The standard InChI is InChI=1S/C60H86N12O29/c61-29(9-17-41(73)74)49(89)65-33(13-21-45(81)82)56(96)69-25-1-5-37(69)53(93)62-30(10-18-42(75)76)50(90)66-34(14-22-46(83)84)57(97)70-26-2-6-38(70)54(94)63-31(11-19-43(77)78)51(91)67-35(15-23-47(85)86)58(98)71-27-3-7-39(71)55(95)64-32(12-20-44(79)80)52(92)68-36(16-24-48(87)88)59(99)72-28-4-8-40(72)60(100)101/h29-40H,1-28,61H2,(H,62,93)(H,63,94)(H,64,95)(H,65,89)(H,66,90)(H,67,91)(H,68,92)(H,73,74)(H,75,76)(H,77,78)(H,79,80)(H,81,82)(H,83,84)(H,85,86)(H,87,88)(H,100,101)/t29-,30-,31-,32-,33-,34-,35-,36-,37-,38-,39-,40-/m0/s1. The minimum atomic E-state index is -1.91. The zero-order chi connectivity index (χ0) is 75.5. The monoisotopic (exact) mass is 1440 g/mol. The van der Waals surface area contributed by atoms with Gasteiger partial charge in [-0.2, -0.15) is 0 Å². The third-order valence-electron chi connectivity index (χ3n) is 17.2. The maximum Gasteiger partial charge on any atom is 0.326 e. The molecule has 0 spiro atoms. The lowest BCUT2D eigenvalue weighted by Gasteiger charge is -2.32. The largest absolute Gasteiger partial charge is 0.481 e. The molecule has 18 N–H and O–H groups in total. The molecule has 560 valence electrons. The van der Waals surface area contributed by atoms with E-state index in [1.807, 2.05) is 0 Å². The van der Waals surface area contributed by atoms with Gasteiger partial charge in [0.05, 0.1) is 6.04 Å². The maximum absolute atomic E-state index is 14.6. The van der Waals surface area contributed by atoms with Crippen molar-refractivity contribution >= 4 is 119 Å². The van der Waals surface area contributed by atoms with E-state index in [1.165, 1.54) is 0 Å². The normalized spacial score (nSPS) is 19.5. The second kappa shape index (κ2) is 39.8. The van der Waals surface area contributed by atoms with E-state index in [0.29, 0.717) is 0 Å². The van der Waals surface area contributed by atoms with Gasteiger partial charge < -0.3 is 109 Å². The summed E-state index contributed by atoms with van der Waals surface area (Å²) >= 11 is 0. The van der Waals surface area contributed by atoms with Crippen molar-refractivity contribution in [1.82, 2.24) is 56.8 Å². The number of nitrogens with one attached hydrogen (secondary N) is 7. The fraction of sp³-hybridized carbons (Fsp3) is 0.667. The van der Waals surface area contributed by atoms with Gasteiger partial charge in [-0.15, -0.1) is 0 Å². The molecule has 4 aliphatic rings. The van der Waals surface area contributed by atoms with E-state index in [2.05, 4.69) is 37.2 Å². The molecular weight excluding hydrogens is 1350 g/mol. The van der Waals surface area contributed by atoms with Gasteiger partial charge in [-0.3, -0.25) is 91.1 Å². The van der Waals surface area contributed by atoms with Crippen molar-refractivity contribution in [1.29, 1.82) is 0 Å². The first kappa shape index (κ1) is 82.8. The van der Waals surface area contributed by atoms with Crippen molar-refractivity contribution in [3.05, 3.63) is 0 Å². The van der Waals surface area contributed by atoms with Crippen LogP contribution in [0.4, 0.5) is 0 Å². The molecule has 41 nitrogen and oxygen atoms in total. The number of carbonyl (C=O) groups is 20. The molecule has 0 saturated carbocycles. The second-order valence-corrected chi connectivity index (χ2v) is 24.6. The number of hydrogen-bond donors (Lipinski definition) is 17. The first-order chi connectivity index (χ1) is 47.5. The highest BCUT2D eigenvalue weighted by atomic mass is 16.4. The molecule has 11 amide bonds. The molecule has 41 heteroatoms. The van der Waals surface area contributed by atoms with E-state index in [9.17, 15) is 137 Å². The van der Waals surface area contributed by atoms with Gasteiger partial charge in [0.1, 0.15) is 66.5 Å². The van der Waals surface area contributed by atoms with Crippen molar-refractivity contribution in [2.24, 2.45) is 5.73 Å². The Labute approximate surface area is 574 Å². The van der Waals surface area contributed by atoms with E-state index >= 15 is 0 Å². The van der Waals surface area contributed by atoms with Gasteiger partial charge in [-0.05, 0) is 103 Å². The minimum absolute atomic E-state index is 0.0315. The lowest BCUT2D eigenvalue weighted by atomic mass is 10.0. The van der Waals surface area contributed by atoms with Crippen LogP contribution in [-0.2, 0) is 95.9 Å². The summed E-state index contributed by atoms with van der Waals surface area (Å²) in [5.41, 5.74) is 5.81. The summed E-state index contributed by atoms with van der Waals surface area (Å²) in [6.45, 7) is -0.765. The molecule has 101 heavy (non-hydrogen) atoms. The lowest BCUT2D eigenvalue weighted by molar-refractivity contribution is -0.150. The molecule has 4 saturated heterocycles. The van der Waals surface area contributed by atoms with Gasteiger partial charge in [-0.1, -0.05) is 0 Å². The Balaban J connectivity index is 1.56. The highest BCUT2D eigenvalue weighted by Gasteiger charge is 2.45. The Morgan fingerprint density at radius 2 is 0.475 bits per heavy atom. The van der Waals surface area contributed by atoms with Crippen molar-refractivity contribution in [3.8, 4) is 0 Å². The van der Waals surface area contributed by atoms with E-state index in [1.54, 1.807) is 0 Å². The number of amides is 11. The smallest absolute Gasteiger partial charge is 0.326 e. The zero-order valence-electron chi connectivity index (χ0n) is 54.8. The highest BCUT2D eigenvalue weighted by Crippen LogP contribution is 2.26. The number of rotatable bonds is 43. The summed E-state index contributed by atoms with van der Waals surface area (Å²) in [7, 11) is 0. The summed E-state index contributed by atoms with van der Waals surface area (Å²) in [6, 6.07) is -19.9. The molecule has 0 aliphatic carbocycles. The number of nitrogens with two attached hydrogens (primary N) is 1. The van der Waals surface area contributed by atoms with Crippen LogP contribution in [0.3, 0.4) is 0 Å². The van der Waals surface area contributed by atoms with Crippen molar-refractivity contribution < 1.29 is 142 Å². The molecule has 4 rings (SSSR count). The van der Waals surface area contributed by atoms with Crippen LogP contribution >= 0.6 is 0 Å². The highest BCUT2D eigenvalue weighted by molar-refractivity contribution is 6.00. The van der Waals surface area contributed by atoms with Gasteiger partial charge in [-0.25, -0.2) is 4.79 Å². The molecule has 0 aromatic carbocycles. The number of likely N-dealkylation sites (tertiary alicyclic amines) is 4. The molecule has 0 aromatic heterocycles. The van der Waals surface area contributed by atoms with E-state index in [-0.39, 0.29) is 84.0 Å². The summed E-state index contributed by atoms with van der Waals surface area (Å²) in [4.78, 5) is 264. The first-order valence-corrected chi connectivity index (χ1v) is 32.6. The zero-order valence-corrected chi connectivity index (χ0v) is 54.8. The fourth-order valence-electron chi connectivity index (χ4n) is 12.0. The average Bonchev–Trinajstić information content (AvgIpc) is 1.66. The molecular formula is C60H86N12O29. The van der Waals surface area contributed by atoms with Crippen LogP contribution in [-0.4, -0.2) is 283 Å². The Hall–Kier alpha value is -10.6. The Kier molecular flexibility index (Phi) is 32.6. The summed E-state index contributed by atoms with van der Waals surface area (Å²) in [5, 5.41) is 102. The fourth-order valence-corrected chi connectivity index (χ4v) is 12.0. The third kappa shape index (κ3) is 26.2. The quantitative estimate of drug-likeness (QED) is 0.0271. The summed E-state index contributed by atoms with van der Waals surface area (Å²) in [6.07, 6.45) is -10.9. The van der Waals surface area contributed by atoms with Gasteiger partial charge in [0.15, 0.2) is 0 Å². The van der Waals surface area contributed by atoms with Gasteiger partial charge in [0.2, 0.25) is 65.0 Å². The minimum Gasteiger partial charge on any atom is -0.481 e. The number of hydrogen-bond acceptors (Lipinski definition) is 21. The van der Waals surface area contributed by atoms with Crippen LogP contribution in [0.2, 0.25) is 0 Å².